The highest BCUT2D eigenvalue weighted by Gasteiger charge is 2.10. The molecule has 0 aliphatic rings. The SMILES string of the molecule is Cc1ccc(Sc2ccc(/C=N\NC(=O)c3ccccc3-n3cccc3)cc2)cc1. The second-order valence-electron chi connectivity index (χ2n) is 6.79. The normalized spacial score (nSPS) is 11.0. The molecule has 4 rings (SSSR count). The second kappa shape index (κ2) is 9.29. The van der Waals surface area contributed by atoms with Crippen LogP contribution in [0.25, 0.3) is 5.69 Å². The van der Waals surface area contributed by atoms with Crippen LogP contribution < -0.4 is 5.43 Å². The summed E-state index contributed by atoms with van der Waals surface area (Å²) in [6.45, 7) is 2.08. The van der Waals surface area contributed by atoms with Gasteiger partial charge in [-0.2, -0.15) is 5.10 Å². The summed E-state index contributed by atoms with van der Waals surface area (Å²) in [5, 5.41) is 4.12. The van der Waals surface area contributed by atoms with Crippen molar-refractivity contribution in [1.82, 2.24) is 9.99 Å². The first-order chi connectivity index (χ1) is 14.7. The van der Waals surface area contributed by atoms with E-state index in [1.165, 1.54) is 10.5 Å². The van der Waals surface area contributed by atoms with Gasteiger partial charge in [-0.05, 0) is 61.0 Å². The first-order valence-electron chi connectivity index (χ1n) is 9.59. The zero-order valence-electron chi connectivity index (χ0n) is 16.5. The summed E-state index contributed by atoms with van der Waals surface area (Å²) in [7, 11) is 0. The van der Waals surface area contributed by atoms with Crippen LogP contribution in [0.4, 0.5) is 0 Å². The van der Waals surface area contributed by atoms with Crippen molar-refractivity contribution in [3.8, 4) is 5.69 Å². The average Bonchev–Trinajstić information content (AvgIpc) is 3.31. The molecule has 0 saturated heterocycles. The fourth-order valence-electron chi connectivity index (χ4n) is 2.98. The number of benzene rings is 3. The van der Waals surface area contributed by atoms with Crippen LogP contribution in [0.1, 0.15) is 21.5 Å². The summed E-state index contributed by atoms with van der Waals surface area (Å²) in [4.78, 5) is 14.9. The molecule has 0 radical (unpaired) electrons. The van der Waals surface area contributed by atoms with Gasteiger partial charge in [-0.25, -0.2) is 5.43 Å². The number of aromatic nitrogens is 1. The predicted molar refractivity (Wildman–Crippen MR) is 123 cm³/mol. The van der Waals surface area contributed by atoms with Crippen LogP contribution in [0.3, 0.4) is 0 Å². The van der Waals surface area contributed by atoms with Gasteiger partial charge < -0.3 is 4.57 Å². The highest BCUT2D eigenvalue weighted by atomic mass is 32.2. The van der Waals surface area contributed by atoms with E-state index < -0.39 is 0 Å². The van der Waals surface area contributed by atoms with E-state index in [1.54, 1.807) is 24.0 Å². The summed E-state index contributed by atoms with van der Waals surface area (Å²) < 4.78 is 1.91. The molecule has 0 aliphatic carbocycles. The maximum Gasteiger partial charge on any atom is 0.273 e. The summed E-state index contributed by atoms with van der Waals surface area (Å²) in [6, 6.07) is 27.8. The fourth-order valence-corrected chi connectivity index (χ4v) is 3.79. The number of rotatable bonds is 6. The van der Waals surface area contributed by atoms with Gasteiger partial charge >= 0.3 is 0 Å². The van der Waals surface area contributed by atoms with Crippen LogP contribution in [0.2, 0.25) is 0 Å². The lowest BCUT2D eigenvalue weighted by Crippen LogP contribution is -2.19. The minimum Gasteiger partial charge on any atom is -0.323 e. The van der Waals surface area contributed by atoms with Crippen LogP contribution >= 0.6 is 11.8 Å². The number of hydrogen-bond acceptors (Lipinski definition) is 3. The van der Waals surface area contributed by atoms with Gasteiger partial charge in [0.05, 0.1) is 17.5 Å². The Labute approximate surface area is 180 Å². The molecule has 3 aromatic carbocycles. The second-order valence-corrected chi connectivity index (χ2v) is 7.94. The molecule has 0 fully saturated rings. The number of hydrogen-bond donors (Lipinski definition) is 1. The van der Waals surface area contributed by atoms with E-state index in [1.807, 2.05) is 59.4 Å². The third kappa shape index (κ3) is 4.88. The van der Waals surface area contributed by atoms with Gasteiger partial charge in [0.25, 0.3) is 5.91 Å². The van der Waals surface area contributed by atoms with Gasteiger partial charge in [-0.15, -0.1) is 0 Å². The maximum absolute atomic E-state index is 12.6. The van der Waals surface area contributed by atoms with Crippen LogP contribution in [0.15, 0.2) is 112 Å². The first kappa shape index (κ1) is 19.7. The van der Waals surface area contributed by atoms with Crippen LogP contribution in [0, 0.1) is 6.92 Å². The molecular weight excluding hydrogens is 390 g/mol. The highest BCUT2D eigenvalue weighted by Crippen LogP contribution is 2.27. The van der Waals surface area contributed by atoms with Crippen molar-refractivity contribution in [2.75, 3.05) is 0 Å². The molecule has 0 bridgehead atoms. The fraction of sp³-hybridized carbons (Fsp3) is 0.0400. The Morgan fingerprint density at radius 2 is 1.50 bits per heavy atom. The van der Waals surface area contributed by atoms with Crippen molar-refractivity contribution in [3.63, 3.8) is 0 Å². The Bertz CT molecular complexity index is 1150. The molecule has 1 aromatic heterocycles. The average molecular weight is 412 g/mol. The van der Waals surface area contributed by atoms with Gasteiger partial charge in [0, 0.05) is 22.2 Å². The van der Waals surface area contributed by atoms with Crippen molar-refractivity contribution in [1.29, 1.82) is 0 Å². The lowest BCUT2D eigenvalue weighted by Gasteiger charge is -2.09. The minimum atomic E-state index is -0.248. The smallest absolute Gasteiger partial charge is 0.273 e. The van der Waals surface area contributed by atoms with E-state index in [2.05, 4.69) is 53.8 Å². The summed E-state index contributed by atoms with van der Waals surface area (Å²) in [6.07, 6.45) is 5.47. The van der Waals surface area contributed by atoms with Gasteiger partial charge in [-0.1, -0.05) is 53.7 Å². The molecule has 1 N–H and O–H groups in total. The van der Waals surface area contributed by atoms with E-state index >= 15 is 0 Å². The third-order valence-electron chi connectivity index (χ3n) is 4.55. The van der Waals surface area contributed by atoms with E-state index in [4.69, 9.17) is 0 Å². The van der Waals surface area contributed by atoms with E-state index in [9.17, 15) is 4.79 Å². The van der Waals surface area contributed by atoms with Crippen molar-refractivity contribution in [2.45, 2.75) is 16.7 Å². The lowest BCUT2D eigenvalue weighted by atomic mass is 10.1. The number of hydrazone groups is 1. The molecule has 0 spiro atoms. The number of aryl methyl sites for hydroxylation is 1. The summed E-state index contributed by atoms with van der Waals surface area (Å²) in [5.41, 5.74) is 6.17. The molecule has 5 heteroatoms. The van der Waals surface area contributed by atoms with Crippen molar-refractivity contribution < 1.29 is 4.79 Å². The van der Waals surface area contributed by atoms with Gasteiger partial charge in [0.1, 0.15) is 0 Å². The zero-order valence-corrected chi connectivity index (χ0v) is 17.3. The van der Waals surface area contributed by atoms with Gasteiger partial charge in [-0.3, -0.25) is 4.79 Å². The molecule has 4 aromatic rings. The Morgan fingerprint density at radius 1 is 0.867 bits per heavy atom. The predicted octanol–water partition coefficient (Wildman–Crippen LogP) is 5.70. The number of carbonyl (C=O) groups excluding carboxylic acids is 1. The zero-order chi connectivity index (χ0) is 20.8. The Hall–Kier alpha value is -3.57. The number of amides is 1. The molecule has 1 amide bonds. The highest BCUT2D eigenvalue weighted by molar-refractivity contribution is 7.99. The van der Waals surface area contributed by atoms with Crippen LogP contribution in [-0.4, -0.2) is 16.7 Å². The van der Waals surface area contributed by atoms with E-state index in [0.29, 0.717) is 5.56 Å². The Balaban J connectivity index is 1.39. The number of carbonyl (C=O) groups is 1. The standard InChI is InChI=1S/C25H21N3OS/c1-19-8-12-21(13-9-19)30-22-14-10-20(11-15-22)18-26-27-25(29)23-6-2-3-7-24(23)28-16-4-5-17-28/h2-18H,1H3,(H,27,29)/b26-18-. The van der Waals surface area contributed by atoms with E-state index in [-0.39, 0.29) is 5.91 Å². The third-order valence-corrected chi connectivity index (χ3v) is 5.56. The number of para-hydroxylation sites is 1. The molecule has 0 unspecified atom stereocenters. The summed E-state index contributed by atoms with van der Waals surface area (Å²) >= 11 is 1.71. The molecule has 0 atom stereocenters. The topological polar surface area (TPSA) is 46.4 Å². The molecule has 1 heterocycles. The quantitative estimate of drug-likeness (QED) is 0.327. The van der Waals surface area contributed by atoms with Gasteiger partial charge in [0.2, 0.25) is 0 Å². The Morgan fingerprint density at radius 3 is 2.20 bits per heavy atom. The Kier molecular flexibility index (Phi) is 6.11. The summed E-state index contributed by atoms with van der Waals surface area (Å²) in [5.74, 6) is -0.248. The monoisotopic (exact) mass is 411 g/mol. The lowest BCUT2D eigenvalue weighted by molar-refractivity contribution is 0.0955. The van der Waals surface area contributed by atoms with Crippen LogP contribution in [0.5, 0.6) is 0 Å². The largest absolute Gasteiger partial charge is 0.323 e. The first-order valence-corrected chi connectivity index (χ1v) is 10.4. The molecule has 0 aliphatic heterocycles. The maximum atomic E-state index is 12.6. The van der Waals surface area contributed by atoms with Crippen LogP contribution in [-0.2, 0) is 0 Å². The molecule has 148 valence electrons. The van der Waals surface area contributed by atoms with Crippen molar-refractivity contribution in [3.05, 3.63) is 114 Å². The van der Waals surface area contributed by atoms with Gasteiger partial charge in [0.15, 0.2) is 0 Å². The van der Waals surface area contributed by atoms with Crippen molar-refractivity contribution in [2.24, 2.45) is 5.10 Å². The van der Waals surface area contributed by atoms with E-state index in [0.717, 1.165) is 16.1 Å². The minimum absolute atomic E-state index is 0.248. The number of nitrogens with zero attached hydrogens (tertiary/aromatic N) is 2. The molecule has 0 saturated carbocycles. The van der Waals surface area contributed by atoms with Crippen molar-refractivity contribution >= 4 is 23.9 Å². The number of nitrogens with one attached hydrogen (secondary N) is 1. The molecule has 4 nitrogen and oxygen atoms in total. The molecule has 30 heavy (non-hydrogen) atoms. The molecular formula is C25H21N3OS.